The lowest BCUT2D eigenvalue weighted by Gasteiger charge is -2.24. The van der Waals surface area contributed by atoms with Gasteiger partial charge in [0.2, 0.25) is 5.91 Å². The Balaban J connectivity index is 1.79. The van der Waals surface area contributed by atoms with Crippen molar-refractivity contribution in [2.75, 3.05) is 0 Å². The van der Waals surface area contributed by atoms with Gasteiger partial charge in [-0.15, -0.1) is 0 Å². The van der Waals surface area contributed by atoms with Crippen molar-refractivity contribution in [3.8, 4) is 0 Å². The Morgan fingerprint density at radius 3 is 2.27 bits per heavy atom. The topological polar surface area (TPSA) is 87.3 Å². The number of carbonyl (C=O) groups is 3. The Hall–Kier alpha value is -2.37. The molecule has 0 saturated heterocycles. The van der Waals surface area contributed by atoms with Crippen LogP contribution >= 0.6 is 0 Å². The van der Waals surface area contributed by atoms with E-state index in [2.05, 4.69) is 16.2 Å². The molecule has 3 N–H and O–H groups in total. The molecule has 1 aromatic carbocycles. The first kappa shape index (κ1) is 16.0. The van der Waals surface area contributed by atoms with Crippen molar-refractivity contribution in [3.05, 3.63) is 35.9 Å². The first-order chi connectivity index (χ1) is 10.4. The van der Waals surface area contributed by atoms with E-state index in [0.29, 0.717) is 0 Å². The van der Waals surface area contributed by atoms with Gasteiger partial charge >= 0.3 is 11.8 Å². The quantitative estimate of drug-likeness (QED) is 0.567. The maximum atomic E-state index is 11.9. The summed E-state index contributed by atoms with van der Waals surface area (Å²) >= 11 is 0. The van der Waals surface area contributed by atoms with Crippen LogP contribution in [0.4, 0.5) is 0 Å². The zero-order chi connectivity index (χ0) is 16.2. The SMILES string of the molecule is CC(C)(CC(=O)NNC(=O)C(=O)NC1CC1)c1ccccc1. The van der Waals surface area contributed by atoms with E-state index in [1.165, 1.54) is 0 Å². The maximum Gasteiger partial charge on any atom is 0.327 e. The predicted molar refractivity (Wildman–Crippen MR) is 81.5 cm³/mol. The van der Waals surface area contributed by atoms with Gasteiger partial charge in [0.05, 0.1) is 0 Å². The summed E-state index contributed by atoms with van der Waals surface area (Å²) in [5.41, 5.74) is 5.08. The lowest BCUT2D eigenvalue weighted by atomic mass is 9.81. The van der Waals surface area contributed by atoms with E-state index in [-0.39, 0.29) is 23.8 Å². The number of hydrogen-bond donors (Lipinski definition) is 3. The normalized spacial score (nSPS) is 14.1. The van der Waals surface area contributed by atoms with Crippen LogP contribution in [0.15, 0.2) is 30.3 Å². The molecule has 1 saturated carbocycles. The molecule has 3 amide bonds. The third-order valence-electron chi connectivity index (χ3n) is 3.59. The van der Waals surface area contributed by atoms with Gasteiger partial charge in [-0.05, 0) is 23.8 Å². The molecular weight excluding hydrogens is 282 g/mol. The third-order valence-corrected chi connectivity index (χ3v) is 3.59. The fourth-order valence-electron chi connectivity index (χ4n) is 2.10. The summed E-state index contributed by atoms with van der Waals surface area (Å²) in [6, 6.07) is 9.76. The first-order valence-electron chi connectivity index (χ1n) is 7.34. The highest BCUT2D eigenvalue weighted by Gasteiger charge is 2.27. The van der Waals surface area contributed by atoms with Gasteiger partial charge < -0.3 is 5.32 Å². The summed E-state index contributed by atoms with van der Waals surface area (Å²) in [6.45, 7) is 3.90. The molecular formula is C16H21N3O3. The molecule has 118 valence electrons. The molecule has 6 nitrogen and oxygen atoms in total. The second-order valence-corrected chi connectivity index (χ2v) is 6.18. The third kappa shape index (κ3) is 4.58. The molecule has 6 heteroatoms. The molecule has 0 aromatic heterocycles. The average Bonchev–Trinajstić information content (AvgIpc) is 3.29. The number of amides is 3. The van der Waals surface area contributed by atoms with Gasteiger partial charge in [-0.3, -0.25) is 25.2 Å². The number of rotatable bonds is 4. The standard InChI is InChI=1S/C16H21N3O3/c1-16(2,11-6-4-3-5-7-11)10-13(20)18-19-15(22)14(21)17-12-8-9-12/h3-7,12H,8-10H2,1-2H3,(H,17,21)(H,18,20)(H,19,22). The highest BCUT2D eigenvalue weighted by molar-refractivity contribution is 6.35. The van der Waals surface area contributed by atoms with Crippen LogP contribution in [0.2, 0.25) is 0 Å². The average molecular weight is 303 g/mol. The van der Waals surface area contributed by atoms with E-state index >= 15 is 0 Å². The molecule has 0 radical (unpaired) electrons. The Bertz CT molecular complexity index is 565. The van der Waals surface area contributed by atoms with Crippen LogP contribution in [0.3, 0.4) is 0 Å². The van der Waals surface area contributed by atoms with Crippen molar-refractivity contribution in [1.82, 2.24) is 16.2 Å². The summed E-state index contributed by atoms with van der Waals surface area (Å²) in [7, 11) is 0. The van der Waals surface area contributed by atoms with E-state index in [0.717, 1.165) is 18.4 Å². The van der Waals surface area contributed by atoms with Gasteiger partial charge in [-0.2, -0.15) is 0 Å². The lowest BCUT2D eigenvalue weighted by Crippen LogP contribution is -2.49. The maximum absolute atomic E-state index is 11.9. The van der Waals surface area contributed by atoms with Gasteiger partial charge in [0.1, 0.15) is 0 Å². The Labute approximate surface area is 129 Å². The largest absolute Gasteiger partial charge is 0.345 e. The minimum absolute atomic E-state index is 0.103. The minimum atomic E-state index is -0.849. The van der Waals surface area contributed by atoms with Crippen LogP contribution in [-0.2, 0) is 19.8 Å². The van der Waals surface area contributed by atoms with Gasteiger partial charge in [0, 0.05) is 12.5 Å². The molecule has 1 aliphatic carbocycles. The van der Waals surface area contributed by atoms with E-state index in [1.807, 2.05) is 44.2 Å². The van der Waals surface area contributed by atoms with Crippen molar-refractivity contribution >= 4 is 17.7 Å². The second kappa shape index (κ2) is 6.60. The van der Waals surface area contributed by atoms with Crippen molar-refractivity contribution in [3.63, 3.8) is 0 Å². The zero-order valence-corrected chi connectivity index (χ0v) is 12.8. The second-order valence-electron chi connectivity index (χ2n) is 6.18. The van der Waals surface area contributed by atoms with Gasteiger partial charge in [0.15, 0.2) is 0 Å². The van der Waals surface area contributed by atoms with Gasteiger partial charge in [0.25, 0.3) is 0 Å². The van der Waals surface area contributed by atoms with Crippen LogP contribution in [0, 0.1) is 0 Å². The summed E-state index contributed by atoms with van der Waals surface area (Å²) < 4.78 is 0. The Kier molecular flexibility index (Phi) is 4.80. The number of carbonyl (C=O) groups excluding carboxylic acids is 3. The molecule has 0 heterocycles. The number of hydrogen-bond acceptors (Lipinski definition) is 3. The van der Waals surface area contributed by atoms with Crippen LogP contribution < -0.4 is 16.2 Å². The summed E-state index contributed by atoms with van der Waals surface area (Å²) in [5, 5.41) is 2.55. The number of nitrogens with one attached hydrogen (secondary N) is 3. The summed E-state index contributed by atoms with van der Waals surface area (Å²) in [6.07, 6.45) is 1.99. The van der Waals surface area contributed by atoms with Crippen LogP contribution in [0.5, 0.6) is 0 Å². The van der Waals surface area contributed by atoms with E-state index < -0.39 is 11.8 Å². The first-order valence-corrected chi connectivity index (χ1v) is 7.34. The Morgan fingerprint density at radius 1 is 1.05 bits per heavy atom. The molecule has 0 aliphatic heterocycles. The van der Waals surface area contributed by atoms with Crippen LogP contribution in [-0.4, -0.2) is 23.8 Å². The summed E-state index contributed by atoms with van der Waals surface area (Å²) in [4.78, 5) is 34.9. The molecule has 0 atom stereocenters. The molecule has 1 aromatic rings. The molecule has 2 rings (SSSR count). The fraction of sp³-hybridized carbons (Fsp3) is 0.438. The van der Waals surface area contributed by atoms with Crippen molar-refractivity contribution in [2.45, 2.75) is 44.6 Å². The minimum Gasteiger partial charge on any atom is -0.345 e. The predicted octanol–water partition coefficient (Wildman–Crippen LogP) is 0.780. The number of benzene rings is 1. The molecule has 22 heavy (non-hydrogen) atoms. The fourth-order valence-corrected chi connectivity index (χ4v) is 2.10. The van der Waals surface area contributed by atoms with E-state index in [4.69, 9.17) is 0 Å². The molecule has 0 bridgehead atoms. The van der Waals surface area contributed by atoms with Crippen molar-refractivity contribution in [1.29, 1.82) is 0 Å². The summed E-state index contributed by atoms with van der Waals surface area (Å²) in [5.74, 6) is -1.91. The van der Waals surface area contributed by atoms with Crippen molar-refractivity contribution in [2.24, 2.45) is 0 Å². The van der Waals surface area contributed by atoms with Crippen molar-refractivity contribution < 1.29 is 14.4 Å². The monoisotopic (exact) mass is 303 g/mol. The smallest absolute Gasteiger partial charge is 0.327 e. The van der Waals surface area contributed by atoms with Gasteiger partial charge in [-0.25, -0.2) is 0 Å². The number of hydrazine groups is 1. The molecule has 0 spiro atoms. The van der Waals surface area contributed by atoms with Crippen LogP contribution in [0.25, 0.3) is 0 Å². The van der Waals surface area contributed by atoms with Crippen LogP contribution in [0.1, 0.15) is 38.7 Å². The lowest BCUT2D eigenvalue weighted by molar-refractivity contribution is -0.141. The highest BCUT2D eigenvalue weighted by atomic mass is 16.2. The van der Waals surface area contributed by atoms with Gasteiger partial charge in [-0.1, -0.05) is 44.2 Å². The zero-order valence-electron chi connectivity index (χ0n) is 12.8. The molecule has 0 unspecified atom stereocenters. The Morgan fingerprint density at radius 2 is 1.68 bits per heavy atom. The highest BCUT2D eigenvalue weighted by Crippen LogP contribution is 2.26. The van der Waals surface area contributed by atoms with E-state index in [1.54, 1.807) is 0 Å². The van der Waals surface area contributed by atoms with E-state index in [9.17, 15) is 14.4 Å². The molecule has 1 fully saturated rings. The molecule has 1 aliphatic rings.